The van der Waals surface area contributed by atoms with Crippen molar-refractivity contribution >= 4 is 17.4 Å². The van der Waals surface area contributed by atoms with Crippen LogP contribution in [0.15, 0.2) is 12.1 Å². The number of hydrogen-bond donors (Lipinski definition) is 1. The molecule has 17 heavy (non-hydrogen) atoms. The molecule has 0 amide bonds. The van der Waals surface area contributed by atoms with Gasteiger partial charge in [-0.15, -0.1) is 0 Å². The fourth-order valence-electron chi connectivity index (χ4n) is 1.60. The molecule has 0 aliphatic carbocycles. The molecular formula is C12H18F2N2S. The van der Waals surface area contributed by atoms with E-state index in [9.17, 15) is 8.78 Å². The summed E-state index contributed by atoms with van der Waals surface area (Å²) in [6.07, 6.45) is 1.98. The van der Waals surface area contributed by atoms with Gasteiger partial charge < -0.3 is 10.6 Å². The lowest BCUT2D eigenvalue weighted by Crippen LogP contribution is -2.31. The van der Waals surface area contributed by atoms with Crippen molar-refractivity contribution in [1.29, 1.82) is 0 Å². The minimum absolute atomic E-state index is 0.00706. The molecule has 96 valence electrons. The third kappa shape index (κ3) is 3.10. The molecule has 1 aromatic carbocycles. The Morgan fingerprint density at radius 1 is 1.35 bits per heavy atom. The molecule has 0 aliphatic heterocycles. The Morgan fingerprint density at radius 3 is 2.53 bits per heavy atom. The Balaban J connectivity index is 3.03. The molecule has 1 atom stereocenters. The molecule has 0 radical (unpaired) electrons. The lowest BCUT2D eigenvalue weighted by atomic mass is 10.1. The largest absolute Gasteiger partial charge is 0.369 e. The predicted octanol–water partition coefficient (Wildman–Crippen LogP) is 2.61. The molecule has 0 fully saturated rings. The zero-order chi connectivity index (χ0) is 13.0. The number of hydrogen-bond acceptors (Lipinski definition) is 3. The maximum Gasteiger partial charge on any atom is 0.182 e. The molecule has 0 aliphatic rings. The molecule has 0 saturated carbocycles. The highest BCUT2D eigenvalue weighted by molar-refractivity contribution is 7.98. The highest BCUT2D eigenvalue weighted by Gasteiger charge is 2.18. The second kappa shape index (κ2) is 6.21. The number of anilines is 1. The average molecular weight is 260 g/mol. The number of halogens is 2. The summed E-state index contributed by atoms with van der Waals surface area (Å²) < 4.78 is 27.4. The van der Waals surface area contributed by atoms with Crippen molar-refractivity contribution in [3.05, 3.63) is 29.3 Å². The minimum Gasteiger partial charge on any atom is -0.369 e. The van der Waals surface area contributed by atoms with E-state index < -0.39 is 11.6 Å². The molecular weight excluding hydrogens is 242 g/mol. The summed E-state index contributed by atoms with van der Waals surface area (Å²) in [5.41, 5.74) is 5.81. The summed E-state index contributed by atoms with van der Waals surface area (Å²) in [6, 6.07) is 3.26. The van der Waals surface area contributed by atoms with E-state index in [0.717, 1.165) is 5.75 Å². The van der Waals surface area contributed by atoms with Crippen LogP contribution < -0.4 is 10.6 Å². The van der Waals surface area contributed by atoms with Gasteiger partial charge in [0.1, 0.15) is 0 Å². The summed E-state index contributed by atoms with van der Waals surface area (Å²) in [6.45, 7) is 1.98. The Hall–Kier alpha value is -0.810. The maximum absolute atomic E-state index is 13.8. The molecule has 0 saturated heterocycles. The van der Waals surface area contributed by atoms with E-state index in [-0.39, 0.29) is 23.8 Å². The van der Waals surface area contributed by atoms with Gasteiger partial charge in [0.25, 0.3) is 0 Å². The Bertz CT molecular complexity index is 385. The molecule has 0 heterocycles. The molecule has 5 heteroatoms. The van der Waals surface area contributed by atoms with Crippen LogP contribution in [0.1, 0.15) is 12.5 Å². The topological polar surface area (TPSA) is 29.3 Å². The van der Waals surface area contributed by atoms with E-state index >= 15 is 0 Å². The average Bonchev–Trinajstić information content (AvgIpc) is 2.32. The number of thioether (sulfide) groups is 1. The van der Waals surface area contributed by atoms with E-state index in [0.29, 0.717) is 0 Å². The second-order valence-corrected chi connectivity index (χ2v) is 4.90. The molecule has 1 unspecified atom stereocenters. The summed E-state index contributed by atoms with van der Waals surface area (Å²) >= 11 is 1.67. The van der Waals surface area contributed by atoms with Crippen LogP contribution in [-0.4, -0.2) is 25.1 Å². The van der Waals surface area contributed by atoms with Crippen molar-refractivity contribution in [2.75, 3.05) is 24.0 Å². The van der Waals surface area contributed by atoms with E-state index in [1.807, 2.05) is 13.2 Å². The first-order valence-corrected chi connectivity index (χ1v) is 6.81. The molecule has 0 aromatic heterocycles. The number of rotatable bonds is 5. The Morgan fingerprint density at radius 2 is 2.00 bits per heavy atom. The molecule has 2 N–H and O–H groups in total. The monoisotopic (exact) mass is 260 g/mol. The van der Waals surface area contributed by atoms with Gasteiger partial charge in [-0.25, -0.2) is 8.78 Å². The highest BCUT2D eigenvalue weighted by atomic mass is 32.2. The van der Waals surface area contributed by atoms with E-state index in [1.54, 1.807) is 29.8 Å². The highest BCUT2D eigenvalue weighted by Crippen LogP contribution is 2.25. The van der Waals surface area contributed by atoms with Crippen LogP contribution in [-0.2, 0) is 6.54 Å². The van der Waals surface area contributed by atoms with Crippen molar-refractivity contribution in [2.45, 2.75) is 19.5 Å². The lowest BCUT2D eigenvalue weighted by Gasteiger charge is -2.27. The molecule has 1 rings (SSSR count). The fraction of sp³-hybridized carbons (Fsp3) is 0.500. The van der Waals surface area contributed by atoms with Crippen LogP contribution in [0.4, 0.5) is 14.5 Å². The first-order valence-electron chi connectivity index (χ1n) is 5.41. The van der Waals surface area contributed by atoms with Gasteiger partial charge in [0.2, 0.25) is 0 Å². The lowest BCUT2D eigenvalue weighted by molar-refractivity contribution is 0.496. The Labute approximate surface area is 105 Å². The summed E-state index contributed by atoms with van der Waals surface area (Å²) in [5.74, 6) is -0.799. The first-order chi connectivity index (χ1) is 8.02. The summed E-state index contributed by atoms with van der Waals surface area (Å²) in [4.78, 5) is 1.75. The minimum atomic E-state index is -0.840. The van der Waals surface area contributed by atoms with Gasteiger partial charge in [-0.05, 0) is 19.2 Å². The normalized spacial score (nSPS) is 12.6. The third-order valence-electron chi connectivity index (χ3n) is 2.81. The van der Waals surface area contributed by atoms with Crippen molar-refractivity contribution in [3.63, 3.8) is 0 Å². The van der Waals surface area contributed by atoms with Crippen molar-refractivity contribution < 1.29 is 8.78 Å². The first kappa shape index (κ1) is 14.3. The van der Waals surface area contributed by atoms with Gasteiger partial charge in [0, 0.05) is 31.0 Å². The summed E-state index contributed by atoms with van der Waals surface area (Å²) in [7, 11) is 1.76. The van der Waals surface area contributed by atoms with Crippen molar-refractivity contribution in [3.8, 4) is 0 Å². The van der Waals surface area contributed by atoms with Crippen molar-refractivity contribution in [1.82, 2.24) is 0 Å². The molecule has 1 aromatic rings. The van der Waals surface area contributed by atoms with E-state index in [1.165, 1.54) is 6.07 Å². The number of benzene rings is 1. The fourth-order valence-corrected chi connectivity index (χ4v) is 2.31. The van der Waals surface area contributed by atoms with Gasteiger partial charge in [-0.1, -0.05) is 6.07 Å². The number of nitrogens with two attached hydrogens (primary N) is 1. The van der Waals surface area contributed by atoms with Crippen LogP contribution in [0.5, 0.6) is 0 Å². The quantitative estimate of drug-likeness (QED) is 0.882. The summed E-state index contributed by atoms with van der Waals surface area (Å²) in [5, 5.41) is 0. The van der Waals surface area contributed by atoms with Gasteiger partial charge >= 0.3 is 0 Å². The van der Waals surface area contributed by atoms with Gasteiger partial charge in [0.15, 0.2) is 11.6 Å². The van der Waals surface area contributed by atoms with E-state index in [2.05, 4.69) is 0 Å². The van der Waals surface area contributed by atoms with Crippen molar-refractivity contribution in [2.24, 2.45) is 5.73 Å². The van der Waals surface area contributed by atoms with Crippen LogP contribution in [0.25, 0.3) is 0 Å². The van der Waals surface area contributed by atoms with Gasteiger partial charge in [-0.3, -0.25) is 0 Å². The standard InChI is InChI=1S/C12H18F2N2S/c1-8(7-17-3)16(2)10-5-4-9(6-15)11(13)12(10)14/h4-5,8H,6-7,15H2,1-3H3. The van der Waals surface area contributed by atoms with Gasteiger partial charge in [-0.2, -0.15) is 11.8 Å². The molecule has 0 spiro atoms. The third-order valence-corrected chi connectivity index (χ3v) is 3.63. The van der Waals surface area contributed by atoms with Gasteiger partial charge in [0.05, 0.1) is 5.69 Å². The number of nitrogens with zero attached hydrogens (tertiary/aromatic N) is 1. The van der Waals surface area contributed by atoms with E-state index in [4.69, 9.17) is 5.73 Å². The van der Waals surface area contributed by atoms with Crippen LogP contribution in [0.2, 0.25) is 0 Å². The zero-order valence-corrected chi connectivity index (χ0v) is 11.2. The zero-order valence-electron chi connectivity index (χ0n) is 10.3. The van der Waals surface area contributed by atoms with Crippen LogP contribution in [0.3, 0.4) is 0 Å². The maximum atomic E-state index is 13.8. The Kier molecular flexibility index (Phi) is 5.21. The smallest absolute Gasteiger partial charge is 0.182 e. The SMILES string of the molecule is CSCC(C)N(C)c1ccc(CN)c(F)c1F. The predicted molar refractivity (Wildman–Crippen MR) is 70.5 cm³/mol. The molecule has 2 nitrogen and oxygen atoms in total. The van der Waals surface area contributed by atoms with Crippen LogP contribution >= 0.6 is 11.8 Å². The second-order valence-electron chi connectivity index (χ2n) is 3.99. The van der Waals surface area contributed by atoms with Crippen LogP contribution in [0, 0.1) is 11.6 Å². The molecule has 0 bridgehead atoms.